The number of piperidine rings is 1. The van der Waals surface area contributed by atoms with E-state index in [1.807, 2.05) is 29.3 Å². The second kappa shape index (κ2) is 9.53. The number of anilines is 1. The molecule has 1 fully saturated rings. The van der Waals surface area contributed by atoms with Gasteiger partial charge in [0.2, 0.25) is 0 Å². The van der Waals surface area contributed by atoms with Gasteiger partial charge in [-0.05, 0) is 48.7 Å². The minimum Gasteiger partial charge on any atom is -0.308 e. The van der Waals surface area contributed by atoms with Gasteiger partial charge in [-0.15, -0.1) is 0 Å². The Morgan fingerprint density at radius 1 is 1.10 bits per heavy atom. The first-order valence-electron chi connectivity index (χ1n) is 10.1. The Labute approximate surface area is 201 Å². The molecule has 0 saturated carbocycles. The summed E-state index contributed by atoms with van der Waals surface area (Å²) >= 11 is 22.0. The van der Waals surface area contributed by atoms with Crippen LogP contribution in [0, 0.1) is 5.92 Å². The van der Waals surface area contributed by atoms with Gasteiger partial charge >= 0.3 is 0 Å². The van der Waals surface area contributed by atoms with Crippen molar-refractivity contribution in [2.45, 2.75) is 32.2 Å². The summed E-state index contributed by atoms with van der Waals surface area (Å²) in [5, 5.41) is 10.3. The molecule has 2 aliphatic heterocycles. The predicted octanol–water partition coefficient (Wildman–Crippen LogP) is 6.63. The van der Waals surface area contributed by atoms with Gasteiger partial charge in [0.25, 0.3) is 0 Å². The molecule has 0 radical (unpaired) electrons. The van der Waals surface area contributed by atoms with Gasteiger partial charge in [0.15, 0.2) is 0 Å². The summed E-state index contributed by atoms with van der Waals surface area (Å²) in [5.41, 5.74) is 6.25. The van der Waals surface area contributed by atoms with Crippen LogP contribution in [0.4, 0.5) is 5.69 Å². The zero-order valence-corrected chi connectivity index (χ0v) is 20.5. The highest BCUT2D eigenvalue weighted by atomic mass is 79.9. The molecule has 0 aromatic heterocycles. The summed E-state index contributed by atoms with van der Waals surface area (Å²) in [7, 11) is 0. The number of hydrogen-bond acceptors (Lipinski definition) is 4. The largest absolute Gasteiger partial charge is 0.308 e. The molecule has 4 rings (SSSR count). The van der Waals surface area contributed by atoms with E-state index in [9.17, 15) is 0 Å². The van der Waals surface area contributed by atoms with Crippen LogP contribution in [-0.4, -0.2) is 28.8 Å². The van der Waals surface area contributed by atoms with Crippen molar-refractivity contribution in [3.63, 3.8) is 0 Å². The molecule has 2 aliphatic rings. The molecule has 0 spiro atoms. The summed E-state index contributed by atoms with van der Waals surface area (Å²) in [6.07, 6.45) is 3.65. The molecule has 30 heavy (non-hydrogen) atoms. The topological polar surface area (TPSA) is 30.9 Å². The highest BCUT2D eigenvalue weighted by molar-refractivity contribution is 9.10. The molecule has 158 valence electrons. The van der Waals surface area contributed by atoms with Gasteiger partial charge in [0.1, 0.15) is 10.7 Å². The van der Waals surface area contributed by atoms with Crippen LogP contribution in [0.2, 0.25) is 10.0 Å². The smallest absolute Gasteiger partial charge is 0.137 e. The van der Waals surface area contributed by atoms with Gasteiger partial charge < -0.3 is 5.43 Å². The Balaban J connectivity index is 1.68. The molecule has 1 saturated heterocycles. The number of nitrogens with one attached hydrogen (secondary N) is 1. The van der Waals surface area contributed by atoms with E-state index < -0.39 is 0 Å². The molecule has 2 heterocycles. The van der Waals surface area contributed by atoms with Crippen LogP contribution in [0.5, 0.6) is 0 Å². The molecule has 0 amide bonds. The van der Waals surface area contributed by atoms with Gasteiger partial charge in [-0.2, -0.15) is 5.10 Å². The molecule has 2 unspecified atom stereocenters. The number of nitrogens with zero attached hydrogens (tertiary/aromatic N) is 3. The molecule has 4 nitrogen and oxygen atoms in total. The van der Waals surface area contributed by atoms with E-state index in [1.165, 1.54) is 19.3 Å². The zero-order valence-electron chi connectivity index (χ0n) is 16.6. The molecule has 2 aromatic carbocycles. The Morgan fingerprint density at radius 3 is 2.47 bits per heavy atom. The lowest BCUT2D eigenvalue weighted by atomic mass is 9.91. The number of benzene rings is 2. The number of thiocarbonyl (C=S) groups is 1. The van der Waals surface area contributed by atoms with Crippen molar-refractivity contribution in [3.05, 3.63) is 62.5 Å². The highest BCUT2D eigenvalue weighted by Gasteiger charge is 2.39. The van der Waals surface area contributed by atoms with Crippen molar-refractivity contribution < 1.29 is 0 Å². The van der Waals surface area contributed by atoms with Crippen molar-refractivity contribution in [2.24, 2.45) is 11.0 Å². The number of rotatable bonds is 4. The molecule has 0 bridgehead atoms. The van der Waals surface area contributed by atoms with E-state index in [0.717, 1.165) is 34.5 Å². The number of hydrazone groups is 1. The fourth-order valence-electron chi connectivity index (χ4n) is 4.05. The Hall–Kier alpha value is -1.18. The predicted molar refractivity (Wildman–Crippen MR) is 134 cm³/mol. The van der Waals surface area contributed by atoms with E-state index >= 15 is 0 Å². The van der Waals surface area contributed by atoms with Gasteiger partial charge in [-0.1, -0.05) is 76.8 Å². The fourth-order valence-corrected chi connectivity index (χ4v) is 5.17. The Morgan fingerprint density at radius 2 is 1.80 bits per heavy atom. The first kappa shape index (κ1) is 22.0. The summed E-state index contributed by atoms with van der Waals surface area (Å²) in [6, 6.07) is 13.8. The van der Waals surface area contributed by atoms with Crippen LogP contribution in [0.3, 0.4) is 0 Å². The maximum Gasteiger partial charge on any atom is 0.137 e. The SMILES string of the molecule is CC1C(C(=S)NN2CCCCC2)=NN(c2ccc(Cl)cc2Cl)C1c1ccc(Br)cc1. The number of halogens is 3. The summed E-state index contributed by atoms with van der Waals surface area (Å²) < 4.78 is 1.04. The third-order valence-electron chi connectivity index (χ3n) is 5.60. The fraction of sp³-hybridized carbons (Fsp3) is 0.364. The van der Waals surface area contributed by atoms with Crippen molar-refractivity contribution in [1.82, 2.24) is 10.4 Å². The molecule has 1 N–H and O–H groups in total. The van der Waals surface area contributed by atoms with Crippen molar-refractivity contribution in [1.29, 1.82) is 0 Å². The highest BCUT2D eigenvalue weighted by Crippen LogP contribution is 2.42. The number of hydrazine groups is 1. The normalized spacial score (nSPS) is 22.1. The monoisotopic (exact) mass is 524 g/mol. The van der Waals surface area contributed by atoms with Crippen LogP contribution in [-0.2, 0) is 0 Å². The van der Waals surface area contributed by atoms with Crippen LogP contribution in [0.15, 0.2) is 52.0 Å². The lowest BCUT2D eigenvalue weighted by molar-refractivity contribution is 0.197. The molecule has 8 heteroatoms. The number of hydrogen-bond donors (Lipinski definition) is 1. The third kappa shape index (κ3) is 4.68. The summed E-state index contributed by atoms with van der Waals surface area (Å²) in [4.78, 5) is 0.680. The first-order valence-corrected chi connectivity index (χ1v) is 12.0. The zero-order chi connectivity index (χ0) is 21.3. The Bertz CT molecular complexity index is 960. The molecular formula is C22H23BrCl2N4S. The summed E-state index contributed by atoms with van der Waals surface area (Å²) in [6.45, 7) is 4.18. The first-order chi connectivity index (χ1) is 14.4. The van der Waals surface area contributed by atoms with E-state index in [1.54, 1.807) is 6.07 Å². The maximum absolute atomic E-state index is 6.56. The van der Waals surface area contributed by atoms with E-state index in [4.69, 9.17) is 40.5 Å². The lowest BCUT2D eigenvalue weighted by Crippen LogP contribution is -2.47. The minimum atomic E-state index is -0.0205. The van der Waals surface area contributed by atoms with E-state index in [-0.39, 0.29) is 12.0 Å². The van der Waals surface area contributed by atoms with Crippen molar-refractivity contribution in [2.75, 3.05) is 18.1 Å². The average Bonchev–Trinajstić information content (AvgIpc) is 3.06. The minimum absolute atomic E-state index is 0.0205. The molecule has 2 atom stereocenters. The Kier molecular flexibility index (Phi) is 7.00. The van der Waals surface area contributed by atoms with E-state index in [2.05, 4.69) is 45.4 Å². The van der Waals surface area contributed by atoms with Crippen LogP contribution >= 0.6 is 51.3 Å². The van der Waals surface area contributed by atoms with Gasteiger partial charge in [-0.25, -0.2) is 5.01 Å². The standard InChI is InChI=1S/C22H23BrCl2N4S/c1-14-20(22(30)27-28-11-3-2-4-12-28)26-29(19-10-9-17(24)13-18(19)25)21(14)15-5-7-16(23)8-6-15/h5-10,13-14,21H,2-4,11-12H2,1H3,(H,27,30). The molecule has 0 aliphatic carbocycles. The van der Waals surface area contributed by atoms with Crippen LogP contribution in [0.25, 0.3) is 0 Å². The third-order valence-corrected chi connectivity index (χ3v) is 6.97. The molecule has 2 aromatic rings. The van der Waals surface area contributed by atoms with Crippen LogP contribution in [0.1, 0.15) is 37.8 Å². The maximum atomic E-state index is 6.56. The van der Waals surface area contributed by atoms with Crippen LogP contribution < -0.4 is 10.4 Å². The van der Waals surface area contributed by atoms with Gasteiger partial charge in [0.05, 0.1) is 16.8 Å². The van der Waals surface area contributed by atoms with Gasteiger partial charge in [-0.3, -0.25) is 5.01 Å². The van der Waals surface area contributed by atoms with E-state index in [0.29, 0.717) is 15.0 Å². The molecular weight excluding hydrogens is 503 g/mol. The van der Waals surface area contributed by atoms with Gasteiger partial charge in [0, 0.05) is 28.5 Å². The average molecular weight is 526 g/mol. The second-order valence-corrected chi connectivity index (χ2v) is 9.87. The lowest BCUT2D eigenvalue weighted by Gasteiger charge is -2.29. The van der Waals surface area contributed by atoms with Crippen molar-refractivity contribution >= 4 is 67.7 Å². The summed E-state index contributed by atoms with van der Waals surface area (Å²) in [5.74, 6) is 0.0858. The second-order valence-electron chi connectivity index (χ2n) is 7.70. The quantitative estimate of drug-likeness (QED) is 0.454. The van der Waals surface area contributed by atoms with Crippen molar-refractivity contribution in [3.8, 4) is 0 Å².